The number of halogens is 1. The van der Waals surface area contributed by atoms with Crippen molar-refractivity contribution in [1.82, 2.24) is 4.98 Å². The highest BCUT2D eigenvalue weighted by molar-refractivity contribution is 6.35. The third-order valence-corrected chi connectivity index (χ3v) is 3.33. The Morgan fingerprint density at radius 1 is 1.39 bits per heavy atom. The molecule has 1 N–H and O–H groups in total. The molecule has 0 aliphatic carbocycles. The number of Topliss-reactive ketones (excluding diaryl/α,β-unsaturated/α-hetero) is 1. The molecule has 0 unspecified atom stereocenters. The number of pyridine rings is 1. The van der Waals surface area contributed by atoms with Crippen LogP contribution in [0.1, 0.15) is 24.6 Å². The highest BCUT2D eigenvalue weighted by Crippen LogP contribution is 2.20. The fraction of sp³-hybridized carbons (Fsp3) is 0.286. The number of fused-ring (bicyclic) bond motifs is 1. The van der Waals surface area contributed by atoms with E-state index in [-0.39, 0.29) is 11.2 Å². The van der Waals surface area contributed by atoms with Gasteiger partial charge in [-0.1, -0.05) is 17.7 Å². The molecule has 0 amide bonds. The zero-order valence-electron chi connectivity index (χ0n) is 10.3. The summed E-state index contributed by atoms with van der Waals surface area (Å²) in [7, 11) is 0. The fourth-order valence-electron chi connectivity index (χ4n) is 2.06. The molecule has 1 aromatic heterocycles. The molecule has 0 spiro atoms. The van der Waals surface area contributed by atoms with E-state index in [0.29, 0.717) is 28.8 Å². The van der Waals surface area contributed by atoms with Crippen molar-refractivity contribution in [3.8, 4) is 0 Å². The van der Waals surface area contributed by atoms with Gasteiger partial charge in [-0.3, -0.25) is 4.79 Å². The summed E-state index contributed by atoms with van der Waals surface area (Å²) in [5.41, 5.74) is 2.10. The van der Waals surface area contributed by atoms with E-state index in [9.17, 15) is 9.59 Å². The number of hydrogen-bond acceptors (Lipinski definition) is 2. The fourth-order valence-corrected chi connectivity index (χ4v) is 2.32. The first-order chi connectivity index (χ1) is 8.50. The van der Waals surface area contributed by atoms with Gasteiger partial charge in [-0.25, -0.2) is 0 Å². The molecule has 3 nitrogen and oxygen atoms in total. The molecule has 0 atom stereocenters. The third kappa shape index (κ3) is 2.31. The van der Waals surface area contributed by atoms with Gasteiger partial charge in [-0.05, 0) is 32.4 Å². The van der Waals surface area contributed by atoms with Crippen LogP contribution < -0.4 is 5.43 Å². The number of hydrogen-bond donors (Lipinski definition) is 1. The molecular weight excluding hydrogens is 250 g/mol. The number of aromatic nitrogens is 1. The molecular formula is C14H14ClNO2. The van der Waals surface area contributed by atoms with Crippen LogP contribution in [0.15, 0.2) is 23.0 Å². The standard InChI is InChI=1S/C14H14ClNO2/c1-8(17)6-7-10-9(2)16-12-5-3-4-11(15)13(12)14(10)18/h3-5H,6-7H2,1-2H3,(H,16,18). The van der Waals surface area contributed by atoms with E-state index >= 15 is 0 Å². The molecule has 0 aliphatic rings. The molecule has 4 heteroatoms. The van der Waals surface area contributed by atoms with E-state index in [4.69, 9.17) is 11.6 Å². The van der Waals surface area contributed by atoms with Crippen LogP contribution in [-0.4, -0.2) is 10.8 Å². The monoisotopic (exact) mass is 263 g/mol. The van der Waals surface area contributed by atoms with E-state index < -0.39 is 0 Å². The van der Waals surface area contributed by atoms with Crippen LogP contribution in [0.5, 0.6) is 0 Å². The zero-order valence-corrected chi connectivity index (χ0v) is 11.1. The van der Waals surface area contributed by atoms with Gasteiger partial charge in [0, 0.05) is 17.7 Å². The molecule has 0 saturated heterocycles. The van der Waals surface area contributed by atoms with Crippen LogP contribution in [0.4, 0.5) is 0 Å². The number of carbonyl (C=O) groups excluding carboxylic acids is 1. The lowest BCUT2D eigenvalue weighted by atomic mass is 10.0. The van der Waals surface area contributed by atoms with Gasteiger partial charge in [0.05, 0.1) is 15.9 Å². The number of aryl methyl sites for hydroxylation is 1. The second-order valence-electron chi connectivity index (χ2n) is 4.42. The van der Waals surface area contributed by atoms with Crippen LogP contribution in [0.2, 0.25) is 5.02 Å². The van der Waals surface area contributed by atoms with Crippen molar-refractivity contribution in [2.75, 3.05) is 0 Å². The van der Waals surface area contributed by atoms with Gasteiger partial charge < -0.3 is 9.78 Å². The summed E-state index contributed by atoms with van der Waals surface area (Å²) in [5.74, 6) is 0.0769. The number of benzene rings is 1. The average Bonchev–Trinajstić information content (AvgIpc) is 2.27. The van der Waals surface area contributed by atoms with E-state index in [0.717, 1.165) is 11.2 Å². The molecule has 0 bridgehead atoms. The van der Waals surface area contributed by atoms with E-state index in [2.05, 4.69) is 4.98 Å². The first kappa shape index (κ1) is 12.8. The molecule has 2 aromatic rings. The molecule has 0 saturated carbocycles. The highest BCUT2D eigenvalue weighted by Gasteiger charge is 2.12. The summed E-state index contributed by atoms with van der Waals surface area (Å²) >= 11 is 6.06. The summed E-state index contributed by atoms with van der Waals surface area (Å²) in [5, 5.41) is 0.946. The first-order valence-corrected chi connectivity index (χ1v) is 6.18. The lowest BCUT2D eigenvalue weighted by Crippen LogP contribution is -2.14. The van der Waals surface area contributed by atoms with Crippen molar-refractivity contribution < 1.29 is 4.79 Å². The largest absolute Gasteiger partial charge is 0.358 e. The Balaban J connectivity index is 2.64. The molecule has 0 aliphatic heterocycles. The summed E-state index contributed by atoms with van der Waals surface area (Å²) in [6.45, 7) is 3.37. The molecule has 1 heterocycles. The van der Waals surface area contributed by atoms with Crippen molar-refractivity contribution in [2.45, 2.75) is 26.7 Å². The quantitative estimate of drug-likeness (QED) is 0.925. The molecule has 2 rings (SSSR count). The SMILES string of the molecule is CC(=O)CCc1c(C)[nH]c2cccc(Cl)c2c1=O. The maximum absolute atomic E-state index is 12.4. The van der Waals surface area contributed by atoms with Gasteiger partial charge in [-0.2, -0.15) is 0 Å². The van der Waals surface area contributed by atoms with E-state index in [1.165, 1.54) is 6.92 Å². The molecule has 18 heavy (non-hydrogen) atoms. The maximum atomic E-state index is 12.4. The van der Waals surface area contributed by atoms with Crippen molar-refractivity contribution in [1.29, 1.82) is 0 Å². The van der Waals surface area contributed by atoms with Gasteiger partial charge in [-0.15, -0.1) is 0 Å². The smallest absolute Gasteiger partial charge is 0.194 e. The summed E-state index contributed by atoms with van der Waals surface area (Å²) < 4.78 is 0. The Morgan fingerprint density at radius 2 is 2.11 bits per heavy atom. The third-order valence-electron chi connectivity index (χ3n) is 3.02. The zero-order chi connectivity index (χ0) is 13.3. The second-order valence-corrected chi connectivity index (χ2v) is 4.83. The minimum atomic E-state index is -0.0758. The minimum Gasteiger partial charge on any atom is -0.358 e. The Bertz CT molecular complexity index is 673. The molecule has 1 aromatic carbocycles. The topological polar surface area (TPSA) is 49.9 Å². The van der Waals surface area contributed by atoms with Crippen LogP contribution in [0.3, 0.4) is 0 Å². The van der Waals surface area contributed by atoms with Gasteiger partial charge >= 0.3 is 0 Å². The molecule has 94 valence electrons. The van der Waals surface area contributed by atoms with Crippen LogP contribution in [0, 0.1) is 6.92 Å². The number of nitrogens with one attached hydrogen (secondary N) is 1. The lowest BCUT2D eigenvalue weighted by Gasteiger charge is -2.08. The average molecular weight is 264 g/mol. The summed E-state index contributed by atoms with van der Waals surface area (Å²) in [6, 6.07) is 5.32. The Hall–Kier alpha value is -1.61. The molecule has 0 radical (unpaired) electrons. The Kier molecular flexibility index (Phi) is 3.53. The van der Waals surface area contributed by atoms with Gasteiger partial charge in [0.25, 0.3) is 0 Å². The van der Waals surface area contributed by atoms with Crippen molar-refractivity contribution in [3.05, 3.63) is 44.7 Å². The van der Waals surface area contributed by atoms with Crippen molar-refractivity contribution >= 4 is 28.3 Å². The summed E-state index contributed by atoms with van der Waals surface area (Å²) in [4.78, 5) is 26.6. The molecule has 0 fully saturated rings. The Labute approximate surface area is 110 Å². The Morgan fingerprint density at radius 3 is 2.78 bits per heavy atom. The predicted octanol–water partition coefficient (Wildman–Crippen LogP) is 3.01. The minimum absolute atomic E-state index is 0.0758. The number of carbonyl (C=O) groups is 1. The van der Waals surface area contributed by atoms with Crippen LogP contribution >= 0.6 is 11.6 Å². The number of rotatable bonds is 3. The number of aromatic amines is 1. The van der Waals surface area contributed by atoms with E-state index in [1.54, 1.807) is 12.1 Å². The van der Waals surface area contributed by atoms with Crippen LogP contribution in [-0.2, 0) is 11.2 Å². The highest BCUT2D eigenvalue weighted by atomic mass is 35.5. The first-order valence-electron chi connectivity index (χ1n) is 5.80. The van der Waals surface area contributed by atoms with Gasteiger partial charge in [0.1, 0.15) is 5.78 Å². The predicted molar refractivity (Wildman–Crippen MR) is 73.3 cm³/mol. The van der Waals surface area contributed by atoms with Crippen molar-refractivity contribution in [2.24, 2.45) is 0 Å². The number of ketones is 1. The van der Waals surface area contributed by atoms with Gasteiger partial charge in [0.15, 0.2) is 5.43 Å². The number of H-pyrrole nitrogens is 1. The van der Waals surface area contributed by atoms with Crippen molar-refractivity contribution in [3.63, 3.8) is 0 Å². The maximum Gasteiger partial charge on any atom is 0.194 e. The normalized spacial score (nSPS) is 10.8. The van der Waals surface area contributed by atoms with E-state index in [1.807, 2.05) is 13.0 Å². The summed E-state index contributed by atoms with van der Waals surface area (Å²) in [6.07, 6.45) is 0.831. The van der Waals surface area contributed by atoms with Crippen LogP contribution in [0.25, 0.3) is 10.9 Å². The van der Waals surface area contributed by atoms with Gasteiger partial charge in [0.2, 0.25) is 0 Å². The second kappa shape index (κ2) is 4.94. The lowest BCUT2D eigenvalue weighted by molar-refractivity contribution is -0.116.